The molecule has 1 fully saturated rings. The summed E-state index contributed by atoms with van der Waals surface area (Å²) in [6.45, 7) is 2.99. The molecule has 1 aliphatic carbocycles. The largest absolute Gasteiger partial charge is 0.385 e. The molecule has 4 heteroatoms. The van der Waals surface area contributed by atoms with Crippen molar-refractivity contribution in [2.24, 2.45) is 11.8 Å². The maximum absolute atomic E-state index is 11.4. The maximum Gasteiger partial charge on any atom is 0.0963 e. The van der Waals surface area contributed by atoms with E-state index in [0.717, 1.165) is 31.4 Å². The Morgan fingerprint density at radius 1 is 1.20 bits per heavy atom. The Morgan fingerprint density at radius 3 is 2.35 bits per heavy atom. The second kappa shape index (κ2) is 6.23. The van der Waals surface area contributed by atoms with E-state index < -0.39 is 5.60 Å². The van der Waals surface area contributed by atoms with Crippen LogP contribution in [0.3, 0.4) is 0 Å². The molecule has 0 aromatic heterocycles. The number of nitrogens with zero attached hydrogens (tertiary/aromatic N) is 1. The van der Waals surface area contributed by atoms with E-state index in [4.69, 9.17) is 23.2 Å². The van der Waals surface area contributed by atoms with Crippen molar-refractivity contribution in [2.75, 3.05) is 20.6 Å². The van der Waals surface area contributed by atoms with Crippen molar-refractivity contribution in [1.29, 1.82) is 0 Å². The molecule has 3 unspecified atom stereocenters. The van der Waals surface area contributed by atoms with E-state index in [1.807, 2.05) is 26.2 Å². The summed E-state index contributed by atoms with van der Waals surface area (Å²) in [5.41, 5.74) is 0.00546. The maximum atomic E-state index is 11.4. The van der Waals surface area contributed by atoms with E-state index in [1.165, 1.54) is 0 Å². The molecule has 0 amide bonds. The molecule has 0 radical (unpaired) electrons. The average molecular weight is 316 g/mol. The molecule has 2 nitrogen and oxygen atoms in total. The lowest BCUT2D eigenvalue weighted by Gasteiger charge is -2.46. The predicted molar refractivity (Wildman–Crippen MR) is 85.4 cm³/mol. The van der Waals surface area contributed by atoms with Crippen LogP contribution in [0.15, 0.2) is 18.2 Å². The molecule has 2 rings (SSSR count). The molecule has 0 saturated heterocycles. The first-order chi connectivity index (χ1) is 9.34. The Kier molecular flexibility index (Phi) is 5.01. The standard InChI is InChI=1S/C16H23Cl2NO/c1-11-5-4-6-12(10-19(2)3)16(11,20)13-7-14(17)9-15(18)8-13/h7-9,11-12,20H,4-6,10H2,1-3H3. The van der Waals surface area contributed by atoms with Gasteiger partial charge in [0.15, 0.2) is 0 Å². The lowest BCUT2D eigenvalue weighted by Crippen LogP contribution is -2.48. The van der Waals surface area contributed by atoms with Gasteiger partial charge in [-0.25, -0.2) is 0 Å². The van der Waals surface area contributed by atoms with Crippen LogP contribution in [0.25, 0.3) is 0 Å². The zero-order chi connectivity index (χ0) is 14.9. The van der Waals surface area contributed by atoms with Gasteiger partial charge in [0.05, 0.1) is 5.60 Å². The molecule has 1 aliphatic rings. The molecule has 20 heavy (non-hydrogen) atoms. The van der Waals surface area contributed by atoms with Crippen LogP contribution in [0.4, 0.5) is 0 Å². The van der Waals surface area contributed by atoms with E-state index in [0.29, 0.717) is 10.0 Å². The van der Waals surface area contributed by atoms with Crippen LogP contribution in [0, 0.1) is 11.8 Å². The Morgan fingerprint density at radius 2 is 1.80 bits per heavy atom. The Balaban J connectivity index is 2.44. The molecular formula is C16H23Cl2NO. The number of rotatable bonds is 3. The third kappa shape index (κ3) is 3.14. The Labute approximate surface area is 131 Å². The minimum absolute atomic E-state index is 0.204. The van der Waals surface area contributed by atoms with Gasteiger partial charge in [0.2, 0.25) is 0 Å². The first-order valence-electron chi connectivity index (χ1n) is 7.17. The topological polar surface area (TPSA) is 23.5 Å². The number of halogens is 2. The summed E-state index contributed by atoms with van der Waals surface area (Å²) in [7, 11) is 4.09. The minimum Gasteiger partial charge on any atom is -0.385 e. The fourth-order valence-electron chi connectivity index (χ4n) is 3.49. The van der Waals surface area contributed by atoms with Gasteiger partial charge in [0.25, 0.3) is 0 Å². The van der Waals surface area contributed by atoms with E-state index in [2.05, 4.69) is 11.8 Å². The molecule has 112 valence electrons. The predicted octanol–water partition coefficient (Wildman–Crippen LogP) is 4.18. The van der Waals surface area contributed by atoms with Crippen molar-refractivity contribution < 1.29 is 5.11 Å². The Bertz CT molecular complexity index is 457. The van der Waals surface area contributed by atoms with Crippen LogP contribution in [-0.2, 0) is 5.60 Å². The quantitative estimate of drug-likeness (QED) is 0.904. The molecule has 0 heterocycles. The van der Waals surface area contributed by atoms with Crippen LogP contribution in [-0.4, -0.2) is 30.6 Å². The summed E-state index contributed by atoms with van der Waals surface area (Å²) in [6.07, 6.45) is 3.23. The third-order valence-electron chi connectivity index (χ3n) is 4.47. The number of hydrogen-bond donors (Lipinski definition) is 1. The summed E-state index contributed by atoms with van der Waals surface area (Å²) in [6, 6.07) is 5.43. The first-order valence-corrected chi connectivity index (χ1v) is 7.93. The van der Waals surface area contributed by atoms with Gasteiger partial charge in [-0.1, -0.05) is 36.5 Å². The zero-order valence-electron chi connectivity index (χ0n) is 12.4. The van der Waals surface area contributed by atoms with E-state index in [-0.39, 0.29) is 11.8 Å². The third-order valence-corrected chi connectivity index (χ3v) is 4.91. The number of benzene rings is 1. The molecule has 0 aliphatic heterocycles. The van der Waals surface area contributed by atoms with Crippen LogP contribution in [0.2, 0.25) is 10.0 Å². The molecule has 1 saturated carbocycles. The second-order valence-corrected chi connectivity index (χ2v) is 7.15. The van der Waals surface area contributed by atoms with Crippen LogP contribution < -0.4 is 0 Å². The van der Waals surface area contributed by atoms with Crippen molar-refractivity contribution in [3.63, 3.8) is 0 Å². The summed E-state index contributed by atoms with van der Waals surface area (Å²) in [4.78, 5) is 2.14. The van der Waals surface area contributed by atoms with Gasteiger partial charge in [-0.3, -0.25) is 0 Å². The van der Waals surface area contributed by atoms with Gasteiger partial charge in [-0.05, 0) is 56.6 Å². The van der Waals surface area contributed by atoms with Crippen molar-refractivity contribution in [3.05, 3.63) is 33.8 Å². The summed E-state index contributed by atoms with van der Waals surface area (Å²) >= 11 is 12.3. The molecule has 0 bridgehead atoms. The van der Waals surface area contributed by atoms with Gasteiger partial charge in [-0.15, -0.1) is 0 Å². The van der Waals surface area contributed by atoms with Crippen molar-refractivity contribution in [1.82, 2.24) is 4.90 Å². The smallest absolute Gasteiger partial charge is 0.0963 e. The zero-order valence-corrected chi connectivity index (χ0v) is 13.9. The van der Waals surface area contributed by atoms with E-state index in [1.54, 1.807) is 6.07 Å². The fraction of sp³-hybridized carbons (Fsp3) is 0.625. The molecule has 0 spiro atoms. The van der Waals surface area contributed by atoms with Crippen molar-refractivity contribution >= 4 is 23.2 Å². The number of hydrogen-bond acceptors (Lipinski definition) is 2. The van der Waals surface area contributed by atoms with Gasteiger partial charge in [0, 0.05) is 22.5 Å². The summed E-state index contributed by atoms with van der Waals surface area (Å²) in [5, 5.41) is 12.6. The highest BCUT2D eigenvalue weighted by atomic mass is 35.5. The minimum atomic E-state index is -0.850. The molecule has 1 aromatic rings. The van der Waals surface area contributed by atoms with E-state index >= 15 is 0 Å². The fourth-order valence-corrected chi connectivity index (χ4v) is 4.02. The average Bonchev–Trinajstić information content (AvgIpc) is 2.33. The van der Waals surface area contributed by atoms with E-state index in [9.17, 15) is 5.11 Å². The number of aliphatic hydroxyl groups is 1. The molecular weight excluding hydrogens is 293 g/mol. The Hall–Kier alpha value is -0.280. The van der Waals surface area contributed by atoms with Gasteiger partial charge < -0.3 is 10.0 Å². The first kappa shape index (κ1) is 16.1. The van der Waals surface area contributed by atoms with Crippen molar-refractivity contribution in [3.8, 4) is 0 Å². The summed E-state index contributed by atoms with van der Waals surface area (Å²) in [5.74, 6) is 0.409. The highest BCUT2D eigenvalue weighted by molar-refractivity contribution is 6.34. The highest BCUT2D eigenvalue weighted by Gasteiger charge is 2.45. The van der Waals surface area contributed by atoms with Crippen LogP contribution >= 0.6 is 23.2 Å². The lowest BCUT2D eigenvalue weighted by atomic mass is 9.65. The summed E-state index contributed by atoms with van der Waals surface area (Å²) < 4.78 is 0. The van der Waals surface area contributed by atoms with Crippen LogP contribution in [0.1, 0.15) is 31.7 Å². The molecule has 3 atom stereocenters. The van der Waals surface area contributed by atoms with Crippen LogP contribution in [0.5, 0.6) is 0 Å². The van der Waals surface area contributed by atoms with Gasteiger partial charge >= 0.3 is 0 Å². The molecule has 1 N–H and O–H groups in total. The van der Waals surface area contributed by atoms with Gasteiger partial charge in [0.1, 0.15) is 0 Å². The normalized spacial score (nSPS) is 30.8. The van der Waals surface area contributed by atoms with Gasteiger partial charge in [-0.2, -0.15) is 0 Å². The monoisotopic (exact) mass is 315 g/mol. The SMILES string of the molecule is CC1CCCC(CN(C)C)C1(O)c1cc(Cl)cc(Cl)c1. The highest BCUT2D eigenvalue weighted by Crippen LogP contribution is 2.46. The molecule has 1 aromatic carbocycles. The lowest BCUT2D eigenvalue weighted by molar-refractivity contribution is -0.101. The second-order valence-electron chi connectivity index (χ2n) is 6.27. The van der Waals surface area contributed by atoms with Crippen molar-refractivity contribution in [2.45, 2.75) is 31.8 Å².